The van der Waals surface area contributed by atoms with Crippen molar-refractivity contribution >= 4 is 11.6 Å². The van der Waals surface area contributed by atoms with Gasteiger partial charge in [0.2, 0.25) is 5.88 Å². The molecule has 1 N–H and O–H groups in total. The molecule has 3 aromatic rings. The number of hydrogen-bond donors (Lipinski definition) is 1. The highest BCUT2D eigenvalue weighted by Gasteiger charge is 2.22. The van der Waals surface area contributed by atoms with Gasteiger partial charge in [-0.2, -0.15) is 5.10 Å². The number of nitrogens with zero attached hydrogens (tertiary/aromatic N) is 3. The lowest BCUT2D eigenvalue weighted by atomic mass is 10.1. The summed E-state index contributed by atoms with van der Waals surface area (Å²) in [7, 11) is 1.69. The fourth-order valence-electron chi connectivity index (χ4n) is 3.69. The second-order valence-electron chi connectivity index (χ2n) is 8.20. The molecule has 0 saturated heterocycles. The SMILES string of the molecule is CCCCC(O)CN(CCOC)Cc1c(C)nn(-c2ccccc2)c1Oc1ccc(Cl)cc1. The number of aliphatic hydroxyl groups excluding tert-OH is 1. The van der Waals surface area contributed by atoms with E-state index >= 15 is 0 Å². The third kappa shape index (κ3) is 7.30. The van der Waals surface area contributed by atoms with E-state index in [0.717, 1.165) is 36.2 Å². The van der Waals surface area contributed by atoms with E-state index in [-0.39, 0.29) is 6.10 Å². The number of unbranched alkanes of at least 4 members (excludes halogenated alkanes) is 1. The third-order valence-corrected chi connectivity index (χ3v) is 5.77. The van der Waals surface area contributed by atoms with E-state index in [2.05, 4.69) is 11.8 Å². The zero-order valence-corrected chi connectivity index (χ0v) is 20.5. The van der Waals surface area contributed by atoms with Crippen LogP contribution in [-0.2, 0) is 11.3 Å². The number of rotatable bonds is 13. The molecule has 33 heavy (non-hydrogen) atoms. The molecule has 7 heteroatoms. The number of ether oxygens (including phenoxy) is 2. The van der Waals surface area contributed by atoms with Gasteiger partial charge in [-0.15, -0.1) is 0 Å². The first-order chi connectivity index (χ1) is 16.0. The third-order valence-electron chi connectivity index (χ3n) is 5.52. The van der Waals surface area contributed by atoms with Gasteiger partial charge < -0.3 is 14.6 Å². The highest BCUT2D eigenvalue weighted by atomic mass is 35.5. The van der Waals surface area contributed by atoms with Crippen LogP contribution in [0.5, 0.6) is 11.6 Å². The Balaban J connectivity index is 1.94. The summed E-state index contributed by atoms with van der Waals surface area (Å²) in [5.41, 5.74) is 2.78. The monoisotopic (exact) mass is 471 g/mol. The van der Waals surface area contributed by atoms with Crippen LogP contribution >= 0.6 is 11.6 Å². The molecular formula is C26H34ClN3O3. The number of aryl methyl sites for hydroxylation is 1. The molecule has 1 heterocycles. The molecule has 0 spiro atoms. The Kier molecular flexibility index (Phi) is 9.76. The summed E-state index contributed by atoms with van der Waals surface area (Å²) in [6.45, 7) is 6.58. The average molecular weight is 472 g/mol. The highest BCUT2D eigenvalue weighted by Crippen LogP contribution is 2.32. The maximum absolute atomic E-state index is 10.6. The summed E-state index contributed by atoms with van der Waals surface area (Å²) < 4.78 is 13.5. The predicted octanol–water partition coefficient (Wildman–Crippen LogP) is 5.63. The van der Waals surface area contributed by atoms with Crippen LogP contribution in [0.2, 0.25) is 5.02 Å². The second-order valence-corrected chi connectivity index (χ2v) is 8.63. The number of para-hydroxylation sites is 1. The number of aromatic nitrogens is 2. The Morgan fingerprint density at radius 3 is 2.52 bits per heavy atom. The summed E-state index contributed by atoms with van der Waals surface area (Å²) >= 11 is 6.06. The van der Waals surface area contributed by atoms with E-state index in [1.54, 1.807) is 7.11 Å². The smallest absolute Gasteiger partial charge is 0.227 e. The fraction of sp³-hybridized carbons (Fsp3) is 0.423. The Morgan fingerprint density at radius 2 is 1.85 bits per heavy atom. The molecule has 178 valence electrons. The number of halogens is 1. The minimum atomic E-state index is -0.382. The van der Waals surface area contributed by atoms with Crippen LogP contribution < -0.4 is 4.74 Å². The Morgan fingerprint density at radius 1 is 1.12 bits per heavy atom. The fourth-order valence-corrected chi connectivity index (χ4v) is 3.82. The lowest BCUT2D eigenvalue weighted by Gasteiger charge is -2.25. The lowest BCUT2D eigenvalue weighted by molar-refractivity contribution is 0.0786. The molecule has 0 saturated carbocycles. The van der Waals surface area contributed by atoms with Crippen molar-refractivity contribution in [3.8, 4) is 17.3 Å². The number of hydrogen-bond acceptors (Lipinski definition) is 5. The summed E-state index contributed by atoms with van der Waals surface area (Å²) in [6, 6.07) is 17.3. The van der Waals surface area contributed by atoms with Crippen molar-refractivity contribution < 1.29 is 14.6 Å². The molecule has 0 aliphatic heterocycles. The predicted molar refractivity (Wildman–Crippen MR) is 133 cm³/mol. The Labute approximate surface area is 201 Å². The molecule has 0 aliphatic rings. The zero-order chi connectivity index (χ0) is 23.6. The maximum Gasteiger partial charge on any atom is 0.227 e. The van der Waals surface area contributed by atoms with E-state index in [4.69, 9.17) is 26.2 Å². The van der Waals surface area contributed by atoms with Crippen LogP contribution in [0.4, 0.5) is 0 Å². The van der Waals surface area contributed by atoms with Crippen LogP contribution in [0.1, 0.15) is 37.4 Å². The summed E-state index contributed by atoms with van der Waals surface area (Å²) in [4.78, 5) is 2.21. The molecule has 0 radical (unpaired) electrons. The minimum absolute atomic E-state index is 0.382. The van der Waals surface area contributed by atoms with Crippen LogP contribution in [0.15, 0.2) is 54.6 Å². The quantitative estimate of drug-likeness (QED) is 0.350. The van der Waals surface area contributed by atoms with Gasteiger partial charge in [0.25, 0.3) is 0 Å². The van der Waals surface area contributed by atoms with E-state index in [1.807, 2.05) is 66.2 Å². The molecular weight excluding hydrogens is 438 g/mol. The molecule has 1 aromatic heterocycles. The van der Waals surface area contributed by atoms with Crippen LogP contribution in [0.25, 0.3) is 5.69 Å². The maximum atomic E-state index is 10.6. The van der Waals surface area contributed by atoms with Crippen molar-refractivity contribution in [3.63, 3.8) is 0 Å². The topological polar surface area (TPSA) is 59.8 Å². The van der Waals surface area contributed by atoms with Crippen molar-refractivity contribution in [1.29, 1.82) is 0 Å². The standard InChI is InChI=1S/C26H34ClN3O3/c1-4-5-11-23(31)18-29(16-17-32-3)19-25-20(2)28-30(22-9-7-6-8-10-22)26(25)33-24-14-12-21(27)13-15-24/h6-10,12-15,23,31H,4-5,11,16-19H2,1-3H3. The van der Waals surface area contributed by atoms with Crippen molar-refractivity contribution in [3.05, 3.63) is 70.9 Å². The molecule has 1 atom stereocenters. The molecule has 0 fully saturated rings. The number of methoxy groups -OCH3 is 1. The van der Waals surface area contributed by atoms with Gasteiger partial charge >= 0.3 is 0 Å². The first-order valence-corrected chi connectivity index (χ1v) is 11.9. The van der Waals surface area contributed by atoms with Crippen LogP contribution in [-0.4, -0.2) is 52.7 Å². The molecule has 2 aromatic carbocycles. The van der Waals surface area contributed by atoms with Gasteiger partial charge in [0.05, 0.1) is 29.7 Å². The van der Waals surface area contributed by atoms with Crippen molar-refractivity contribution in [1.82, 2.24) is 14.7 Å². The molecule has 3 rings (SSSR count). The molecule has 1 unspecified atom stereocenters. The normalized spacial score (nSPS) is 12.3. The van der Waals surface area contributed by atoms with Gasteiger partial charge in [-0.1, -0.05) is 49.6 Å². The Hall–Kier alpha value is -2.38. The lowest BCUT2D eigenvalue weighted by Crippen LogP contribution is -2.34. The first-order valence-electron chi connectivity index (χ1n) is 11.5. The van der Waals surface area contributed by atoms with E-state index in [1.165, 1.54) is 0 Å². The largest absolute Gasteiger partial charge is 0.439 e. The van der Waals surface area contributed by atoms with Gasteiger partial charge in [0, 0.05) is 31.8 Å². The van der Waals surface area contributed by atoms with E-state index < -0.39 is 0 Å². The molecule has 0 bridgehead atoms. The van der Waals surface area contributed by atoms with Gasteiger partial charge in [0.1, 0.15) is 5.75 Å². The van der Waals surface area contributed by atoms with E-state index in [9.17, 15) is 5.11 Å². The van der Waals surface area contributed by atoms with Gasteiger partial charge in [0.15, 0.2) is 0 Å². The van der Waals surface area contributed by atoms with Gasteiger partial charge in [-0.25, -0.2) is 4.68 Å². The molecule has 0 amide bonds. The minimum Gasteiger partial charge on any atom is -0.439 e. The van der Waals surface area contributed by atoms with E-state index in [0.29, 0.717) is 42.9 Å². The highest BCUT2D eigenvalue weighted by molar-refractivity contribution is 6.30. The number of aliphatic hydroxyl groups is 1. The zero-order valence-electron chi connectivity index (χ0n) is 19.7. The van der Waals surface area contributed by atoms with Crippen molar-refractivity contribution in [2.45, 2.75) is 45.8 Å². The van der Waals surface area contributed by atoms with Crippen LogP contribution in [0.3, 0.4) is 0 Å². The summed E-state index contributed by atoms with van der Waals surface area (Å²) in [5, 5.41) is 16.0. The molecule has 0 aliphatic carbocycles. The molecule has 6 nitrogen and oxygen atoms in total. The summed E-state index contributed by atoms with van der Waals surface area (Å²) in [5.74, 6) is 1.34. The average Bonchev–Trinajstić information content (AvgIpc) is 3.13. The second kappa shape index (κ2) is 12.8. The van der Waals surface area contributed by atoms with Crippen molar-refractivity contribution in [2.75, 3.05) is 26.8 Å². The summed E-state index contributed by atoms with van der Waals surface area (Å²) in [6.07, 6.45) is 2.48. The van der Waals surface area contributed by atoms with Crippen LogP contribution in [0, 0.1) is 6.92 Å². The Bertz CT molecular complexity index is 976. The van der Waals surface area contributed by atoms with Gasteiger partial charge in [-0.05, 0) is 49.7 Å². The van der Waals surface area contributed by atoms with Gasteiger partial charge in [-0.3, -0.25) is 4.90 Å². The number of benzene rings is 2. The van der Waals surface area contributed by atoms with Crippen molar-refractivity contribution in [2.24, 2.45) is 0 Å². The first kappa shape index (κ1) is 25.2.